The van der Waals surface area contributed by atoms with Gasteiger partial charge in [0, 0.05) is 50.5 Å². The largest absolute Gasteiger partial charge is 0.454 e. The van der Waals surface area contributed by atoms with Gasteiger partial charge in [0.15, 0.2) is 11.5 Å². The van der Waals surface area contributed by atoms with Crippen LogP contribution in [0.4, 0.5) is 19.7 Å². The molecule has 2 aromatic carbocycles. The molecule has 0 atom stereocenters. The number of ether oxygens (including phenoxy) is 2. The van der Waals surface area contributed by atoms with Gasteiger partial charge in [0.05, 0.1) is 0 Å². The molecule has 4 amide bonds. The van der Waals surface area contributed by atoms with Gasteiger partial charge in [0.2, 0.25) is 6.79 Å². The van der Waals surface area contributed by atoms with Crippen LogP contribution in [0.1, 0.15) is 18.4 Å². The van der Waals surface area contributed by atoms with E-state index in [-0.39, 0.29) is 30.7 Å². The molecule has 3 aliphatic rings. The summed E-state index contributed by atoms with van der Waals surface area (Å²) in [4.78, 5) is 31.0. The Balaban J connectivity index is 1.12. The first kappa shape index (κ1) is 20.4. The van der Waals surface area contributed by atoms with Crippen molar-refractivity contribution >= 4 is 17.7 Å². The quantitative estimate of drug-likeness (QED) is 0.790. The Morgan fingerprint density at radius 2 is 1.75 bits per heavy atom. The minimum Gasteiger partial charge on any atom is -0.454 e. The van der Waals surface area contributed by atoms with Gasteiger partial charge in [0.25, 0.3) is 0 Å². The number of nitrogens with one attached hydrogen (secondary N) is 1. The van der Waals surface area contributed by atoms with Gasteiger partial charge < -0.3 is 29.5 Å². The number of likely N-dealkylation sites (tertiary alicyclic amines) is 1. The predicted octanol–water partition coefficient (Wildman–Crippen LogP) is 3.49. The highest BCUT2D eigenvalue weighted by atomic mass is 19.1. The molecular formula is C23H25FN4O4. The molecule has 0 aromatic heterocycles. The van der Waals surface area contributed by atoms with Crippen LogP contribution in [0, 0.1) is 5.82 Å². The molecule has 0 bridgehead atoms. The van der Waals surface area contributed by atoms with Crippen molar-refractivity contribution in [2.75, 3.05) is 38.3 Å². The van der Waals surface area contributed by atoms with Crippen LogP contribution in [-0.2, 0) is 6.54 Å². The van der Waals surface area contributed by atoms with E-state index in [4.69, 9.17) is 9.47 Å². The van der Waals surface area contributed by atoms with Crippen molar-refractivity contribution in [2.24, 2.45) is 0 Å². The van der Waals surface area contributed by atoms with Crippen molar-refractivity contribution in [2.45, 2.75) is 25.4 Å². The number of carbonyl (C=O) groups excluding carboxylic acids is 2. The molecule has 1 N–H and O–H groups in total. The fourth-order valence-electron chi connectivity index (χ4n) is 4.45. The van der Waals surface area contributed by atoms with Crippen molar-refractivity contribution in [1.82, 2.24) is 14.7 Å². The number of rotatable bonds is 4. The highest BCUT2D eigenvalue weighted by Gasteiger charge is 2.36. The van der Waals surface area contributed by atoms with Crippen LogP contribution in [0.5, 0.6) is 11.5 Å². The fraction of sp³-hybridized carbons (Fsp3) is 0.391. The Labute approximate surface area is 185 Å². The van der Waals surface area contributed by atoms with E-state index in [9.17, 15) is 14.0 Å². The van der Waals surface area contributed by atoms with Crippen LogP contribution in [0.25, 0.3) is 0 Å². The summed E-state index contributed by atoms with van der Waals surface area (Å²) in [5.74, 6) is 1.02. The topological polar surface area (TPSA) is 74.4 Å². The van der Waals surface area contributed by atoms with Gasteiger partial charge in [-0.25, -0.2) is 14.0 Å². The fourth-order valence-corrected chi connectivity index (χ4v) is 4.45. The molecule has 2 aromatic rings. The van der Waals surface area contributed by atoms with E-state index in [1.165, 1.54) is 12.1 Å². The number of halogens is 1. The number of carbonyl (C=O) groups is 2. The number of benzene rings is 2. The summed E-state index contributed by atoms with van der Waals surface area (Å²) >= 11 is 0. The number of anilines is 1. The molecule has 8 nitrogen and oxygen atoms in total. The summed E-state index contributed by atoms with van der Waals surface area (Å²) < 4.78 is 23.8. The zero-order chi connectivity index (χ0) is 22.1. The molecule has 0 unspecified atom stereocenters. The standard InChI is InChI=1S/C23H25FN4O4/c24-17-3-1-16(2-4-17)14-27-11-12-28(23(27)30)19-7-9-26(10-8-19)22(29)25-18-5-6-20-21(13-18)32-15-31-20/h1-6,13,19H,7-12,14-15H2,(H,25,29). The van der Waals surface area contributed by atoms with E-state index in [1.54, 1.807) is 40.1 Å². The number of urea groups is 2. The molecule has 2 saturated heterocycles. The SMILES string of the molecule is O=C(Nc1ccc2c(c1)OCO2)N1CCC(N2CCN(Cc3ccc(F)cc3)C2=O)CC1. The van der Waals surface area contributed by atoms with Gasteiger partial charge in [-0.1, -0.05) is 12.1 Å². The predicted molar refractivity (Wildman–Crippen MR) is 115 cm³/mol. The number of nitrogens with zero attached hydrogens (tertiary/aromatic N) is 3. The summed E-state index contributed by atoms with van der Waals surface area (Å²) in [6.45, 7) is 3.17. The van der Waals surface area contributed by atoms with Crippen LogP contribution in [0.2, 0.25) is 0 Å². The first-order chi connectivity index (χ1) is 15.6. The third-order valence-electron chi connectivity index (χ3n) is 6.23. The summed E-state index contributed by atoms with van der Waals surface area (Å²) in [6.07, 6.45) is 1.48. The van der Waals surface area contributed by atoms with Gasteiger partial charge in [-0.2, -0.15) is 0 Å². The lowest BCUT2D eigenvalue weighted by Crippen LogP contribution is -2.49. The van der Waals surface area contributed by atoms with Crippen molar-refractivity contribution < 1.29 is 23.5 Å². The number of hydrogen-bond acceptors (Lipinski definition) is 4. The second-order valence-corrected chi connectivity index (χ2v) is 8.24. The Morgan fingerprint density at radius 3 is 2.53 bits per heavy atom. The maximum atomic E-state index is 13.1. The van der Waals surface area contributed by atoms with E-state index in [0.717, 1.165) is 18.4 Å². The van der Waals surface area contributed by atoms with E-state index in [1.807, 2.05) is 4.90 Å². The Kier molecular flexibility index (Phi) is 5.46. The van der Waals surface area contributed by atoms with Gasteiger partial charge in [0.1, 0.15) is 5.82 Å². The molecule has 9 heteroatoms. The maximum absolute atomic E-state index is 13.1. The van der Waals surface area contributed by atoms with Crippen molar-refractivity contribution in [3.05, 3.63) is 53.8 Å². The minimum absolute atomic E-state index is 0.0117. The second-order valence-electron chi connectivity index (χ2n) is 8.24. The summed E-state index contributed by atoms with van der Waals surface area (Å²) in [7, 11) is 0. The average molecular weight is 440 g/mol. The van der Waals surface area contributed by atoms with Crippen LogP contribution >= 0.6 is 0 Å². The molecule has 168 valence electrons. The van der Waals surface area contributed by atoms with Crippen molar-refractivity contribution in [3.8, 4) is 11.5 Å². The Morgan fingerprint density at radius 1 is 1.00 bits per heavy atom. The van der Waals surface area contributed by atoms with Crippen molar-refractivity contribution in [1.29, 1.82) is 0 Å². The molecule has 3 aliphatic heterocycles. The molecule has 0 aliphatic carbocycles. The molecule has 0 spiro atoms. The number of hydrogen-bond donors (Lipinski definition) is 1. The van der Waals surface area contributed by atoms with Gasteiger partial charge in [-0.3, -0.25) is 0 Å². The van der Waals surface area contributed by atoms with E-state index in [0.29, 0.717) is 49.9 Å². The molecule has 5 rings (SSSR count). The summed E-state index contributed by atoms with van der Waals surface area (Å²) in [5.41, 5.74) is 1.57. The normalized spacial score (nSPS) is 18.4. The molecule has 2 fully saturated rings. The zero-order valence-corrected chi connectivity index (χ0v) is 17.6. The van der Waals surface area contributed by atoms with Crippen LogP contribution in [0.3, 0.4) is 0 Å². The molecule has 0 radical (unpaired) electrons. The van der Waals surface area contributed by atoms with Crippen LogP contribution < -0.4 is 14.8 Å². The highest BCUT2D eigenvalue weighted by molar-refractivity contribution is 5.90. The van der Waals surface area contributed by atoms with Gasteiger partial charge >= 0.3 is 12.1 Å². The molecular weight excluding hydrogens is 415 g/mol. The Hall–Kier alpha value is -3.49. The smallest absolute Gasteiger partial charge is 0.321 e. The lowest BCUT2D eigenvalue weighted by Gasteiger charge is -2.36. The Bertz CT molecular complexity index is 1010. The van der Waals surface area contributed by atoms with E-state index in [2.05, 4.69) is 5.32 Å². The lowest BCUT2D eigenvalue weighted by atomic mass is 10.0. The first-order valence-corrected chi connectivity index (χ1v) is 10.8. The van der Waals surface area contributed by atoms with Crippen LogP contribution in [0.15, 0.2) is 42.5 Å². The first-order valence-electron chi connectivity index (χ1n) is 10.8. The van der Waals surface area contributed by atoms with E-state index < -0.39 is 0 Å². The average Bonchev–Trinajstić information content (AvgIpc) is 3.42. The van der Waals surface area contributed by atoms with Crippen molar-refractivity contribution in [3.63, 3.8) is 0 Å². The highest BCUT2D eigenvalue weighted by Crippen LogP contribution is 2.34. The number of piperidine rings is 1. The number of amides is 4. The van der Waals surface area contributed by atoms with Gasteiger partial charge in [-0.05, 0) is 42.7 Å². The van der Waals surface area contributed by atoms with Crippen LogP contribution in [-0.4, -0.2) is 65.8 Å². The monoisotopic (exact) mass is 440 g/mol. The van der Waals surface area contributed by atoms with E-state index >= 15 is 0 Å². The molecule has 3 heterocycles. The summed E-state index contributed by atoms with van der Waals surface area (Å²) in [5, 5.41) is 2.91. The third-order valence-corrected chi connectivity index (χ3v) is 6.23. The lowest BCUT2D eigenvalue weighted by molar-refractivity contribution is 0.139. The zero-order valence-electron chi connectivity index (χ0n) is 17.6. The summed E-state index contributed by atoms with van der Waals surface area (Å²) in [6, 6.07) is 11.5. The third kappa shape index (κ3) is 4.15. The van der Waals surface area contributed by atoms with Gasteiger partial charge in [-0.15, -0.1) is 0 Å². The minimum atomic E-state index is -0.280. The molecule has 0 saturated carbocycles. The molecule has 32 heavy (non-hydrogen) atoms. The number of fused-ring (bicyclic) bond motifs is 1. The second kappa shape index (κ2) is 8.57. The maximum Gasteiger partial charge on any atom is 0.321 e.